The number of carbonyl (C=O) groups excluding carboxylic acids is 2. The van der Waals surface area contributed by atoms with Crippen LogP contribution in [0, 0.1) is 5.92 Å². The predicted octanol–water partition coefficient (Wildman–Crippen LogP) is 0.973. The summed E-state index contributed by atoms with van der Waals surface area (Å²) in [6, 6.07) is -1.49. The van der Waals surface area contributed by atoms with Crippen LogP contribution >= 0.6 is 0 Å². The minimum atomic E-state index is -1.17. The van der Waals surface area contributed by atoms with Gasteiger partial charge < -0.3 is 21.5 Å². The van der Waals surface area contributed by atoms with E-state index in [2.05, 4.69) is 17.6 Å². The zero-order chi connectivity index (χ0) is 15.8. The first-order valence-electron chi connectivity index (χ1n) is 7.50. The molecule has 1 aliphatic rings. The maximum atomic E-state index is 11.8. The van der Waals surface area contributed by atoms with Crippen LogP contribution < -0.4 is 16.4 Å². The average molecular weight is 299 g/mol. The predicted molar refractivity (Wildman–Crippen MR) is 77.6 cm³/mol. The van der Waals surface area contributed by atoms with Gasteiger partial charge in [-0.25, -0.2) is 9.59 Å². The molecule has 0 radical (unpaired) electrons. The van der Waals surface area contributed by atoms with Crippen molar-refractivity contribution in [2.24, 2.45) is 11.7 Å². The number of carbonyl (C=O) groups is 3. The lowest BCUT2D eigenvalue weighted by Gasteiger charge is -2.28. The van der Waals surface area contributed by atoms with E-state index < -0.39 is 23.9 Å². The highest BCUT2D eigenvalue weighted by atomic mass is 16.4. The fraction of sp³-hybridized carbons (Fsp3) is 0.786. The lowest BCUT2D eigenvalue weighted by atomic mass is 9.85. The van der Waals surface area contributed by atoms with Crippen molar-refractivity contribution in [3.05, 3.63) is 0 Å². The Bertz CT molecular complexity index is 378. The van der Waals surface area contributed by atoms with Crippen molar-refractivity contribution < 1.29 is 19.5 Å². The number of amides is 3. The van der Waals surface area contributed by atoms with Gasteiger partial charge in [-0.3, -0.25) is 4.79 Å². The van der Waals surface area contributed by atoms with E-state index in [0.29, 0.717) is 0 Å². The molecule has 3 amide bonds. The molecule has 0 spiro atoms. The van der Waals surface area contributed by atoms with E-state index in [1.807, 2.05) is 0 Å². The molecule has 0 aromatic heterocycles. The molecule has 0 saturated heterocycles. The van der Waals surface area contributed by atoms with Gasteiger partial charge in [-0.15, -0.1) is 0 Å². The molecule has 1 fully saturated rings. The van der Waals surface area contributed by atoms with Gasteiger partial charge in [0.25, 0.3) is 0 Å². The number of urea groups is 1. The minimum absolute atomic E-state index is 0.000657. The summed E-state index contributed by atoms with van der Waals surface area (Å²) in [6.45, 7) is 2.17. The number of rotatable bonds is 7. The second-order valence-corrected chi connectivity index (χ2v) is 5.64. The number of carboxylic acid groups (broad SMARTS) is 1. The molecule has 0 aromatic rings. The molecule has 0 heterocycles. The van der Waals surface area contributed by atoms with Gasteiger partial charge in [0.05, 0.1) is 0 Å². The van der Waals surface area contributed by atoms with Crippen LogP contribution in [0.15, 0.2) is 0 Å². The molecule has 21 heavy (non-hydrogen) atoms. The van der Waals surface area contributed by atoms with Crippen LogP contribution in [0.5, 0.6) is 0 Å². The Labute approximate surface area is 124 Å². The van der Waals surface area contributed by atoms with E-state index in [1.54, 1.807) is 0 Å². The molecular weight excluding hydrogens is 274 g/mol. The second kappa shape index (κ2) is 8.49. The summed E-state index contributed by atoms with van der Waals surface area (Å²) < 4.78 is 0. The van der Waals surface area contributed by atoms with Gasteiger partial charge in [0.2, 0.25) is 5.91 Å². The normalized spacial score (nSPS) is 23.1. The van der Waals surface area contributed by atoms with Crippen molar-refractivity contribution in [3.63, 3.8) is 0 Å². The second-order valence-electron chi connectivity index (χ2n) is 5.64. The summed E-state index contributed by atoms with van der Waals surface area (Å²) >= 11 is 0. The number of nitrogens with one attached hydrogen (secondary N) is 2. The Kier molecular flexibility index (Phi) is 6.98. The van der Waals surface area contributed by atoms with Crippen LogP contribution in [0.2, 0.25) is 0 Å². The van der Waals surface area contributed by atoms with Crippen molar-refractivity contribution in [2.75, 3.05) is 0 Å². The molecule has 1 unspecified atom stereocenters. The van der Waals surface area contributed by atoms with Gasteiger partial charge in [0.1, 0.15) is 6.04 Å². The summed E-state index contributed by atoms with van der Waals surface area (Å²) in [6.07, 6.45) is 5.11. The van der Waals surface area contributed by atoms with Gasteiger partial charge in [-0.05, 0) is 38.0 Å². The van der Waals surface area contributed by atoms with E-state index in [0.717, 1.165) is 38.0 Å². The van der Waals surface area contributed by atoms with E-state index in [1.165, 1.54) is 0 Å². The van der Waals surface area contributed by atoms with Crippen molar-refractivity contribution in [1.82, 2.24) is 10.6 Å². The number of aliphatic carboxylic acids is 1. The summed E-state index contributed by atoms with van der Waals surface area (Å²) in [4.78, 5) is 33.5. The van der Waals surface area contributed by atoms with Gasteiger partial charge in [0.15, 0.2) is 0 Å². The minimum Gasteiger partial charge on any atom is -0.480 e. The molecule has 1 aliphatic carbocycles. The molecule has 7 nitrogen and oxygen atoms in total. The van der Waals surface area contributed by atoms with E-state index >= 15 is 0 Å². The molecular formula is C14H25N3O4. The first-order chi connectivity index (χ1) is 9.92. The van der Waals surface area contributed by atoms with Crippen LogP contribution in [0.4, 0.5) is 4.79 Å². The first-order valence-corrected chi connectivity index (χ1v) is 7.50. The van der Waals surface area contributed by atoms with Gasteiger partial charge in [-0.2, -0.15) is 0 Å². The molecule has 0 aliphatic heterocycles. The van der Waals surface area contributed by atoms with Crippen LogP contribution in [0.1, 0.15) is 51.9 Å². The maximum Gasteiger partial charge on any atom is 0.326 e. The molecule has 1 saturated carbocycles. The van der Waals surface area contributed by atoms with Gasteiger partial charge >= 0.3 is 12.0 Å². The average Bonchev–Trinajstić information content (AvgIpc) is 2.43. The van der Waals surface area contributed by atoms with Crippen LogP contribution in [0.25, 0.3) is 0 Å². The van der Waals surface area contributed by atoms with Crippen LogP contribution in [0.3, 0.4) is 0 Å². The van der Waals surface area contributed by atoms with E-state index in [-0.39, 0.29) is 18.9 Å². The standard InChI is InChI=1S/C14H25N3O4/c1-2-9-3-5-10(6-4-9)16-14(21)17-11(13(19)20)7-8-12(15)18/h9-11H,2-8H2,1H3,(H2,15,18)(H,19,20)(H2,16,17,21). The van der Waals surface area contributed by atoms with E-state index in [4.69, 9.17) is 10.8 Å². The molecule has 5 N–H and O–H groups in total. The number of nitrogens with two attached hydrogens (primary N) is 1. The van der Waals surface area contributed by atoms with Crippen molar-refractivity contribution >= 4 is 17.9 Å². The highest BCUT2D eigenvalue weighted by Gasteiger charge is 2.24. The summed E-state index contributed by atoms with van der Waals surface area (Å²) in [5, 5.41) is 14.2. The largest absolute Gasteiger partial charge is 0.480 e. The Balaban J connectivity index is 2.36. The van der Waals surface area contributed by atoms with Gasteiger partial charge in [0, 0.05) is 12.5 Å². The zero-order valence-corrected chi connectivity index (χ0v) is 12.4. The van der Waals surface area contributed by atoms with Crippen LogP contribution in [-0.4, -0.2) is 35.1 Å². The highest BCUT2D eigenvalue weighted by Crippen LogP contribution is 2.26. The number of primary amides is 1. The summed E-state index contributed by atoms with van der Waals surface area (Å²) in [7, 11) is 0. The van der Waals surface area contributed by atoms with E-state index in [9.17, 15) is 14.4 Å². The van der Waals surface area contributed by atoms with Gasteiger partial charge in [-0.1, -0.05) is 13.3 Å². The molecule has 0 aromatic carbocycles. The number of hydrogen-bond donors (Lipinski definition) is 4. The maximum absolute atomic E-state index is 11.8. The Morgan fingerprint density at radius 1 is 1.24 bits per heavy atom. The summed E-state index contributed by atoms with van der Waals surface area (Å²) in [5.74, 6) is -1.02. The first kappa shape index (κ1) is 17.3. The monoisotopic (exact) mass is 299 g/mol. The third kappa shape index (κ3) is 6.46. The highest BCUT2D eigenvalue weighted by molar-refractivity contribution is 5.83. The Morgan fingerprint density at radius 2 is 1.86 bits per heavy atom. The topological polar surface area (TPSA) is 122 Å². The SMILES string of the molecule is CCC1CCC(NC(=O)NC(CCC(N)=O)C(=O)O)CC1. The van der Waals surface area contributed by atoms with Crippen LogP contribution in [-0.2, 0) is 9.59 Å². The fourth-order valence-electron chi connectivity index (χ4n) is 2.64. The molecule has 0 bridgehead atoms. The van der Waals surface area contributed by atoms with Crippen molar-refractivity contribution in [3.8, 4) is 0 Å². The molecule has 7 heteroatoms. The lowest BCUT2D eigenvalue weighted by molar-refractivity contribution is -0.139. The fourth-order valence-corrected chi connectivity index (χ4v) is 2.64. The number of hydrogen-bond acceptors (Lipinski definition) is 3. The summed E-state index contributed by atoms with van der Waals surface area (Å²) in [5.41, 5.74) is 4.99. The molecule has 1 atom stereocenters. The van der Waals surface area contributed by atoms with Crippen molar-refractivity contribution in [1.29, 1.82) is 0 Å². The number of carboxylic acids is 1. The Morgan fingerprint density at radius 3 is 2.33 bits per heavy atom. The third-order valence-corrected chi connectivity index (χ3v) is 4.04. The zero-order valence-electron chi connectivity index (χ0n) is 12.4. The molecule has 1 rings (SSSR count). The Hall–Kier alpha value is -1.79. The smallest absolute Gasteiger partial charge is 0.326 e. The quantitative estimate of drug-likeness (QED) is 0.559. The van der Waals surface area contributed by atoms with Crippen molar-refractivity contribution in [2.45, 2.75) is 64.0 Å². The third-order valence-electron chi connectivity index (χ3n) is 4.04. The lowest BCUT2D eigenvalue weighted by Crippen LogP contribution is -2.49. The molecule has 120 valence electrons.